The van der Waals surface area contributed by atoms with Gasteiger partial charge in [0, 0.05) is 15.1 Å². The summed E-state index contributed by atoms with van der Waals surface area (Å²) in [6.07, 6.45) is 4.42. The first-order valence-corrected chi connectivity index (χ1v) is 11.5. The lowest BCUT2D eigenvalue weighted by atomic mass is 9.82. The fraction of sp³-hybridized carbons (Fsp3) is 0.261. The zero-order valence-corrected chi connectivity index (χ0v) is 19.3. The standard InChI is InChI=1S/C23H23BrN2O4S/c1-14(21(27)26-20-12-5-4-11-19(20)24)31-16-8-6-7-15(13-16)25-22(28)17-9-2-3-10-18(17)23(29)30/h2-8,11-14,17-18H,9-10H2,1H3,(H,25,28)(H,26,27)(H,29,30). The summed E-state index contributed by atoms with van der Waals surface area (Å²) in [5.41, 5.74) is 1.28. The summed E-state index contributed by atoms with van der Waals surface area (Å²) in [5.74, 6) is -2.72. The molecule has 2 aromatic carbocycles. The van der Waals surface area contributed by atoms with Gasteiger partial charge in [-0.25, -0.2) is 0 Å². The summed E-state index contributed by atoms with van der Waals surface area (Å²) >= 11 is 4.79. The molecule has 31 heavy (non-hydrogen) atoms. The maximum atomic E-state index is 12.7. The number of carboxylic acid groups (broad SMARTS) is 1. The molecule has 162 valence electrons. The lowest BCUT2D eigenvalue weighted by Gasteiger charge is -2.24. The average Bonchev–Trinajstić information content (AvgIpc) is 2.75. The molecular formula is C23H23BrN2O4S. The molecule has 3 atom stereocenters. The van der Waals surface area contributed by atoms with Crippen molar-refractivity contribution in [3.8, 4) is 0 Å². The average molecular weight is 503 g/mol. The second-order valence-corrected chi connectivity index (χ2v) is 9.51. The zero-order valence-electron chi connectivity index (χ0n) is 16.9. The minimum Gasteiger partial charge on any atom is -0.481 e. The van der Waals surface area contributed by atoms with Gasteiger partial charge < -0.3 is 15.7 Å². The molecule has 2 aromatic rings. The quantitative estimate of drug-likeness (QED) is 0.358. The summed E-state index contributed by atoms with van der Waals surface area (Å²) in [7, 11) is 0. The lowest BCUT2D eigenvalue weighted by Crippen LogP contribution is -2.34. The van der Waals surface area contributed by atoms with E-state index in [0.29, 0.717) is 24.2 Å². The number of halogens is 1. The van der Waals surface area contributed by atoms with Gasteiger partial charge in [0.25, 0.3) is 0 Å². The molecule has 3 rings (SSSR count). The Labute approximate surface area is 193 Å². The highest BCUT2D eigenvalue weighted by Crippen LogP contribution is 2.30. The Hall–Kier alpha value is -2.58. The van der Waals surface area contributed by atoms with Crippen LogP contribution in [0.2, 0.25) is 0 Å². The first-order valence-electron chi connectivity index (χ1n) is 9.86. The van der Waals surface area contributed by atoms with E-state index in [1.165, 1.54) is 11.8 Å². The van der Waals surface area contributed by atoms with E-state index in [1.54, 1.807) is 24.3 Å². The number of carboxylic acids is 1. The third-order valence-corrected chi connectivity index (χ3v) is 6.79. The van der Waals surface area contributed by atoms with Gasteiger partial charge in [0.15, 0.2) is 0 Å². The van der Waals surface area contributed by atoms with E-state index in [-0.39, 0.29) is 17.1 Å². The van der Waals surface area contributed by atoms with Gasteiger partial charge >= 0.3 is 5.97 Å². The molecule has 0 heterocycles. The van der Waals surface area contributed by atoms with Crippen LogP contribution < -0.4 is 10.6 Å². The smallest absolute Gasteiger partial charge is 0.307 e. The number of amides is 2. The molecular weight excluding hydrogens is 480 g/mol. The number of hydrogen-bond donors (Lipinski definition) is 3. The van der Waals surface area contributed by atoms with E-state index < -0.39 is 17.8 Å². The number of nitrogens with one attached hydrogen (secondary N) is 2. The van der Waals surface area contributed by atoms with E-state index >= 15 is 0 Å². The van der Waals surface area contributed by atoms with E-state index in [4.69, 9.17) is 0 Å². The molecule has 0 spiro atoms. The largest absolute Gasteiger partial charge is 0.481 e. The van der Waals surface area contributed by atoms with Gasteiger partial charge in [-0.2, -0.15) is 0 Å². The van der Waals surface area contributed by atoms with Gasteiger partial charge in [0.1, 0.15) is 0 Å². The number of hydrogen-bond acceptors (Lipinski definition) is 4. The predicted octanol–water partition coefficient (Wildman–Crippen LogP) is 5.17. The maximum Gasteiger partial charge on any atom is 0.307 e. The van der Waals surface area contributed by atoms with Crippen molar-refractivity contribution in [1.82, 2.24) is 0 Å². The number of aliphatic carboxylic acids is 1. The van der Waals surface area contributed by atoms with Crippen molar-refractivity contribution in [3.05, 3.63) is 65.2 Å². The lowest BCUT2D eigenvalue weighted by molar-refractivity contribution is -0.146. The van der Waals surface area contributed by atoms with Crippen molar-refractivity contribution in [2.75, 3.05) is 10.6 Å². The van der Waals surface area contributed by atoms with Crippen LogP contribution >= 0.6 is 27.7 Å². The van der Waals surface area contributed by atoms with Crippen LogP contribution in [0.4, 0.5) is 11.4 Å². The normalized spacial score (nSPS) is 18.8. The van der Waals surface area contributed by atoms with E-state index in [9.17, 15) is 19.5 Å². The van der Waals surface area contributed by atoms with Gasteiger partial charge in [0.05, 0.1) is 22.8 Å². The minimum atomic E-state index is -0.960. The molecule has 0 aromatic heterocycles. The maximum absolute atomic E-state index is 12.7. The van der Waals surface area contributed by atoms with Crippen LogP contribution in [0.5, 0.6) is 0 Å². The van der Waals surface area contributed by atoms with Crippen molar-refractivity contribution >= 4 is 56.9 Å². The molecule has 0 saturated heterocycles. The Morgan fingerprint density at radius 2 is 1.74 bits per heavy atom. The number of thioether (sulfide) groups is 1. The Morgan fingerprint density at radius 3 is 2.45 bits per heavy atom. The first kappa shape index (κ1) is 23.1. The van der Waals surface area contributed by atoms with Crippen LogP contribution in [0, 0.1) is 11.8 Å². The number of anilines is 2. The van der Waals surface area contributed by atoms with Gasteiger partial charge in [-0.05, 0) is 66.0 Å². The third kappa shape index (κ3) is 6.21. The van der Waals surface area contributed by atoms with Crippen LogP contribution in [0.1, 0.15) is 19.8 Å². The number of benzene rings is 2. The van der Waals surface area contributed by atoms with Gasteiger partial charge in [-0.15, -0.1) is 11.8 Å². The molecule has 0 bridgehead atoms. The van der Waals surface area contributed by atoms with E-state index in [0.717, 1.165) is 9.37 Å². The predicted molar refractivity (Wildman–Crippen MR) is 126 cm³/mol. The Kier molecular flexibility index (Phi) is 7.92. The van der Waals surface area contributed by atoms with Crippen molar-refractivity contribution in [1.29, 1.82) is 0 Å². The topological polar surface area (TPSA) is 95.5 Å². The molecule has 0 fully saturated rings. The molecule has 8 heteroatoms. The number of para-hydroxylation sites is 1. The monoisotopic (exact) mass is 502 g/mol. The molecule has 2 amide bonds. The Morgan fingerprint density at radius 1 is 1.03 bits per heavy atom. The molecule has 1 aliphatic carbocycles. The molecule has 0 aliphatic heterocycles. The van der Waals surface area contributed by atoms with Crippen molar-refractivity contribution in [2.24, 2.45) is 11.8 Å². The summed E-state index contributed by atoms with van der Waals surface area (Å²) in [6.45, 7) is 1.81. The fourth-order valence-corrected chi connectivity index (χ4v) is 4.62. The van der Waals surface area contributed by atoms with Crippen LogP contribution in [0.3, 0.4) is 0 Å². The second kappa shape index (κ2) is 10.6. The fourth-order valence-electron chi connectivity index (χ4n) is 3.31. The van der Waals surface area contributed by atoms with E-state index in [2.05, 4.69) is 26.6 Å². The van der Waals surface area contributed by atoms with Crippen LogP contribution in [-0.2, 0) is 14.4 Å². The second-order valence-electron chi connectivity index (χ2n) is 7.24. The highest BCUT2D eigenvalue weighted by Gasteiger charge is 2.34. The number of allylic oxidation sites excluding steroid dienone is 2. The van der Waals surface area contributed by atoms with Crippen LogP contribution in [0.25, 0.3) is 0 Å². The summed E-state index contributed by atoms with van der Waals surface area (Å²) in [6, 6.07) is 14.6. The van der Waals surface area contributed by atoms with Gasteiger partial charge in [0.2, 0.25) is 11.8 Å². The number of rotatable bonds is 7. The summed E-state index contributed by atoms with van der Waals surface area (Å²) in [4.78, 5) is 37.5. The Balaban J connectivity index is 1.62. The van der Waals surface area contributed by atoms with Crippen LogP contribution in [-0.4, -0.2) is 28.1 Å². The van der Waals surface area contributed by atoms with Crippen molar-refractivity contribution in [2.45, 2.75) is 29.9 Å². The summed E-state index contributed by atoms with van der Waals surface area (Å²) in [5, 5.41) is 14.7. The highest BCUT2D eigenvalue weighted by molar-refractivity contribution is 9.10. The van der Waals surface area contributed by atoms with E-state index in [1.807, 2.05) is 43.3 Å². The molecule has 0 saturated carbocycles. The Bertz CT molecular complexity index is 1010. The SMILES string of the molecule is CC(Sc1cccc(NC(=O)C2CC=CCC2C(=O)O)c1)C(=O)Nc1ccccc1Br. The summed E-state index contributed by atoms with van der Waals surface area (Å²) < 4.78 is 0.808. The molecule has 3 unspecified atom stereocenters. The number of carbonyl (C=O) groups excluding carboxylic acids is 2. The van der Waals surface area contributed by atoms with Gasteiger partial charge in [-0.3, -0.25) is 14.4 Å². The molecule has 3 N–H and O–H groups in total. The first-order chi connectivity index (χ1) is 14.8. The van der Waals surface area contributed by atoms with Gasteiger partial charge in [-0.1, -0.05) is 30.4 Å². The number of carbonyl (C=O) groups is 3. The zero-order chi connectivity index (χ0) is 22.4. The third-order valence-electron chi connectivity index (χ3n) is 5.00. The van der Waals surface area contributed by atoms with Crippen molar-refractivity contribution < 1.29 is 19.5 Å². The molecule has 1 aliphatic rings. The van der Waals surface area contributed by atoms with Crippen molar-refractivity contribution in [3.63, 3.8) is 0 Å². The minimum absolute atomic E-state index is 0.135. The van der Waals surface area contributed by atoms with Crippen LogP contribution in [0.15, 0.2) is 70.1 Å². The molecule has 6 nitrogen and oxygen atoms in total. The molecule has 0 radical (unpaired) electrons. The highest BCUT2D eigenvalue weighted by atomic mass is 79.9.